The maximum Gasteiger partial charge on any atom is 0.303 e. The number of nitrogens with one attached hydrogen (secondary N) is 1. The van der Waals surface area contributed by atoms with Crippen molar-refractivity contribution in [2.24, 2.45) is 0 Å². The summed E-state index contributed by atoms with van der Waals surface area (Å²) in [6, 6.07) is 19.0. The first kappa shape index (κ1) is 27.1. The van der Waals surface area contributed by atoms with Crippen LogP contribution < -0.4 is 5.32 Å². The maximum absolute atomic E-state index is 14.0. The fourth-order valence-electron chi connectivity index (χ4n) is 4.61. The van der Waals surface area contributed by atoms with E-state index in [-0.39, 0.29) is 29.4 Å². The Hall–Kier alpha value is -3.97. The van der Waals surface area contributed by atoms with Gasteiger partial charge < -0.3 is 15.3 Å². The molecule has 6 nitrogen and oxygen atoms in total. The highest BCUT2D eigenvalue weighted by Gasteiger charge is 2.43. The lowest BCUT2D eigenvalue weighted by molar-refractivity contribution is -0.137. The Balaban J connectivity index is 1.78. The first-order chi connectivity index (χ1) is 18.2. The molecule has 8 heteroatoms. The number of rotatable bonds is 11. The number of amides is 1. The molecule has 0 saturated carbocycles. The third-order valence-electron chi connectivity index (χ3n) is 6.44. The second-order valence-electron chi connectivity index (χ2n) is 9.28. The van der Waals surface area contributed by atoms with Crippen molar-refractivity contribution >= 4 is 34.9 Å². The molecule has 0 aromatic heterocycles. The Morgan fingerprint density at radius 2 is 1.71 bits per heavy atom. The largest absolute Gasteiger partial charge is 0.481 e. The van der Waals surface area contributed by atoms with Gasteiger partial charge in [0.1, 0.15) is 11.5 Å². The summed E-state index contributed by atoms with van der Waals surface area (Å²) < 4.78 is 13.8. The molecule has 0 saturated heterocycles. The van der Waals surface area contributed by atoms with Gasteiger partial charge in [0.05, 0.1) is 11.6 Å². The number of carboxylic acids is 1. The summed E-state index contributed by atoms with van der Waals surface area (Å²) in [5.74, 6) is -1.98. The van der Waals surface area contributed by atoms with Crippen LogP contribution in [0.1, 0.15) is 53.2 Å². The van der Waals surface area contributed by atoms with Crippen LogP contribution in [-0.2, 0) is 9.59 Å². The number of Topliss-reactive ketones (excluding diaryl/α,β-unsaturated/α-hetero) is 1. The molecule has 1 aliphatic heterocycles. The van der Waals surface area contributed by atoms with Crippen LogP contribution >= 0.6 is 11.6 Å². The standard InChI is InChI=1S/C30H28ClFN2O4/c1-19-6-5-7-24(18-19)33-27-26(29(37)21-9-13-22(31)14-10-21)28(20-11-15-23(32)16-12-20)34(30(27)38)17-4-2-3-8-25(35)36/h5-7,9-16,18,28,33H,2-4,8,17H2,1H3,(H,35,36)/t28-/m1/s1. The molecule has 1 amide bonds. The van der Waals surface area contributed by atoms with E-state index in [4.69, 9.17) is 16.7 Å². The minimum Gasteiger partial charge on any atom is -0.481 e. The van der Waals surface area contributed by atoms with Crippen molar-refractivity contribution < 1.29 is 23.9 Å². The number of carbonyl (C=O) groups is 3. The molecule has 1 heterocycles. The number of unbranched alkanes of at least 4 members (excludes halogenated alkanes) is 2. The first-order valence-corrected chi connectivity index (χ1v) is 12.8. The van der Waals surface area contributed by atoms with Gasteiger partial charge in [0.25, 0.3) is 5.91 Å². The van der Waals surface area contributed by atoms with Gasteiger partial charge in [-0.25, -0.2) is 4.39 Å². The van der Waals surface area contributed by atoms with E-state index in [9.17, 15) is 18.8 Å². The summed E-state index contributed by atoms with van der Waals surface area (Å²) in [7, 11) is 0. The summed E-state index contributed by atoms with van der Waals surface area (Å²) in [6.07, 6.45) is 1.69. The van der Waals surface area contributed by atoms with Gasteiger partial charge >= 0.3 is 5.97 Å². The average molecular weight is 535 g/mol. The zero-order valence-electron chi connectivity index (χ0n) is 20.9. The lowest BCUT2D eigenvalue weighted by atomic mass is 9.92. The highest BCUT2D eigenvalue weighted by atomic mass is 35.5. The van der Waals surface area contributed by atoms with Gasteiger partial charge in [0.15, 0.2) is 5.78 Å². The van der Waals surface area contributed by atoms with Crippen LogP contribution in [0.15, 0.2) is 84.1 Å². The summed E-state index contributed by atoms with van der Waals surface area (Å²) >= 11 is 6.04. The van der Waals surface area contributed by atoms with Crippen molar-refractivity contribution in [3.63, 3.8) is 0 Å². The van der Waals surface area contributed by atoms with Crippen molar-refractivity contribution in [2.75, 3.05) is 11.9 Å². The monoisotopic (exact) mass is 534 g/mol. The molecule has 4 rings (SSSR count). The van der Waals surface area contributed by atoms with E-state index in [1.54, 1.807) is 41.3 Å². The average Bonchev–Trinajstić information content (AvgIpc) is 3.15. The van der Waals surface area contributed by atoms with Crippen LogP contribution in [0.4, 0.5) is 10.1 Å². The first-order valence-electron chi connectivity index (χ1n) is 12.4. The quantitative estimate of drug-likeness (QED) is 0.215. The fourth-order valence-corrected chi connectivity index (χ4v) is 4.73. The van der Waals surface area contributed by atoms with Crippen molar-refractivity contribution in [1.82, 2.24) is 4.90 Å². The Kier molecular flexibility index (Phi) is 8.59. The number of carbonyl (C=O) groups excluding carboxylic acids is 2. The second-order valence-corrected chi connectivity index (χ2v) is 9.71. The van der Waals surface area contributed by atoms with Crippen LogP contribution in [-0.4, -0.2) is 34.2 Å². The number of ketones is 1. The van der Waals surface area contributed by atoms with Crippen LogP contribution in [0.25, 0.3) is 0 Å². The van der Waals surface area contributed by atoms with E-state index < -0.39 is 17.8 Å². The topological polar surface area (TPSA) is 86.7 Å². The van der Waals surface area contributed by atoms with Crippen molar-refractivity contribution in [2.45, 2.75) is 38.6 Å². The fraction of sp³-hybridized carbons (Fsp3) is 0.233. The Bertz CT molecular complexity index is 1370. The molecule has 1 aliphatic rings. The Labute approximate surface area is 225 Å². The summed E-state index contributed by atoms with van der Waals surface area (Å²) in [6.45, 7) is 2.23. The molecule has 38 heavy (non-hydrogen) atoms. The predicted molar refractivity (Wildman–Crippen MR) is 145 cm³/mol. The van der Waals surface area contributed by atoms with Gasteiger partial charge in [-0.1, -0.05) is 42.3 Å². The van der Waals surface area contributed by atoms with Crippen molar-refractivity contribution in [1.29, 1.82) is 0 Å². The van der Waals surface area contributed by atoms with Gasteiger partial charge in [-0.3, -0.25) is 14.4 Å². The number of carboxylic acid groups (broad SMARTS) is 1. The number of nitrogens with zero attached hydrogens (tertiary/aromatic N) is 1. The maximum atomic E-state index is 14.0. The van der Waals surface area contributed by atoms with Crippen LogP contribution in [0.2, 0.25) is 5.02 Å². The predicted octanol–water partition coefficient (Wildman–Crippen LogP) is 6.56. The summed E-state index contributed by atoms with van der Waals surface area (Å²) in [5.41, 5.74) is 3.04. The van der Waals surface area contributed by atoms with Crippen LogP contribution in [0.3, 0.4) is 0 Å². The number of hydrogen-bond donors (Lipinski definition) is 2. The third-order valence-corrected chi connectivity index (χ3v) is 6.69. The minimum absolute atomic E-state index is 0.0497. The van der Waals surface area contributed by atoms with Gasteiger partial charge in [0.2, 0.25) is 0 Å². The zero-order valence-corrected chi connectivity index (χ0v) is 21.7. The molecule has 3 aromatic carbocycles. The highest BCUT2D eigenvalue weighted by Crippen LogP contribution is 2.40. The van der Waals surface area contributed by atoms with Crippen molar-refractivity contribution in [3.05, 3.63) is 112 Å². The van der Waals surface area contributed by atoms with Crippen LogP contribution in [0.5, 0.6) is 0 Å². The van der Waals surface area contributed by atoms with Crippen LogP contribution in [0, 0.1) is 12.7 Å². The van der Waals surface area contributed by atoms with E-state index in [0.29, 0.717) is 47.6 Å². The molecule has 3 aromatic rings. The molecule has 0 unspecified atom stereocenters. The molecule has 0 aliphatic carbocycles. The number of halogens is 2. The molecule has 196 valence electrons. The smallest absolute Gasteiger partial charge is 0.303 e. The van der Waals surface area contributed by atoms with Gasteiger partial charge in [-0.15, -0.1) is 0 Å². The number of aryl methyl sites for hydroxylation is 1. The van der Waals surface area contributed by atoms with E-state index in [1.807, 2.05) is 31.2 Å². The van der Waals surface area contributed by atoms with E-state index >= 15 is 0 Å². The van der Waals surface area contributed by atoms with Crippen molar-refractivity contribution in [3.8, 4) is 0 Å². The number of benzene rings is 3. The molecule has 0 radical (unpaired) electrons. The second kappa shape index (κ2) is 12.0. The minimum atomic E-state index is -0.867. The van der Waals surface area contributed by atoms with Gasteiger partial charge in [-0.2, -0.15) is 0 Å². The van der Waals surface area contributed by atoms with Gasteiger partial charge in [0, 0.05) is 29.2 Å². The van der Waals surface area contributed by atoms with E-state index in [1.165, 1.54) is 12.1 Å². The lowest BCUT2D eigenvalue weighted by Gasteiger charge is -2.27. The van der Waals surface area contributed by atoms with E-state index in [2.05, 4.69) is 5.32 Å². The molecule has 0 bridgehead atoms. The Morgan fingerprint density at radius 1 is 1.00 bits per heavy atom. The summed E-state index contributed by atoms with van der Waals surface area (Å²) in [4.78, 5) is 40.3. The zero-order chi connectivity index (χ0) is 27.2. The summed E-state index contributed by atoms with van der Waals surface area (Å²) in [5, 5.41) is 12.6. The number of hydrogen-bond acceptors (Lipinski definition) is 4. The molecule has 2 N–H and O–H groups in total. The molecule has 0 fully saturated rings. The van der Waals surface area contributed by atoms with E-state index in [0.717, 1.165) is 5.56 Å². The normalized spacial score (nSPS) is 15.2. The Morgan fingerprint density at radius 3 is 2.37 bits per heavy atom. The SMILES string of the molecule is Cc1cccc(NC2=C(C(=O)c3ccc(Cl)cc3)[C@@H](c3ccc(F)cc3)N(CCCCCC(=O)O)C2=O)c1. The molecule has 1 atom stereocenters. The third kappa shape index (κ3) is 6.29. The number of aliphatic carboxylic acids is 1. The number of anilines is 1. The highest BCUT2D eigenvalue weighted by molar-refractivity contribution is 6.30. The van der Waals surface area contributed by atoms with Gasteiger partial charge in [-0.05, 0) is 79.4 Å². The molecular formula is C30H28ClFN2O4. The molecule has 0 spiro atoms. The lowest BCUT2D eigenvalue weighted by Crippen LogP contribution is -2.32. The molecular weight excluding hydrogens is 507 g/mol.